The molecule has 3 aromatic rings. The number of aromatic nitrogens is 5. The molecule has 5 rings (SSSR count). The first-order valence-corrected chi connectivity index (χ1v) is 13.2. The normalized spacial score (nSPS) is 21.1. The zero-order chi connectivity index (χ0) is 27.0. The predicted octanol–water partition coefficient (Wildman–Crippen LogP) is 1.33. The summed E-state index contributed by atoms with van der Waals surface area (Å²) in [7, 11) is 3.07. The quantitative estimate of drug-likeness (QED) is 0.461. The van der Waals surface area contributed by atoms with Gasteiger partial charge in [0.15, 0.2) is 11.2 Å². The van der Waals surface area contributed by atoms with E-state index in [2.05, 4.69) is 32.0 Å². The van der Waals surface area contributed by atoms with Crippen molar-refractivity contribution < 1.29 is 5.11 Å². The number of hydrogen-bond acceptors (Lipinski definition) is 8. The van der Waals surface area contributed by atoms with Crippen LogP contribution in [-0.2, 0) is 20.6 Å². The molecule has 0 amide bonds. The highest BCUT2D eigenvalue weighted by atomic mass is 35.5. The van der Waals surface area contributed by atoms with Crippen LogP contribution in [-0.4, -0.2) is 72.6 Å². The molecule has 0 radical (unpaired) electrons. The van der Waals surface area contributed by atoms with Gasteiger partial charge in [-0.25, -0.2) is 14.8 Å². The molecule has 0 bridgehead atoms. The summed E-state index contributed by atoms with van der Waals surface area (Å²) in [5, 5.41) is 14.9. The third kappa shape index (κ3) is 5.01. The van der Waals surface area contributed by atoms with Crippen LogP contribution in [0.2, 0.25) is 0 Å². The fourth-order valence-corrected chi connectivity index (χ4v) is 5.48. The molecule has 0 aromatic carbocycles. The number of aliphatic hydroxyl groups is 1. The Morgan fingerprint density at radius 2 is 1.89 bits per heavy atom. The lowest BCUT2D eigenvalue weighted by Gasteiger charge is -2.41. The van der Waals surface area contributed by atoms with Crippen molar-refractivity contribution in [3.63, 3.8) is 0 Å². The van der Waals surface area contributed by atoms with Gasteiger partial charge in [-0.3, -0.25) is 18.8 Å². The van der Waals surface area contributed by atoms with Gasteiger partial charge in [0.25, 0.3) is 5.56 Å². The van der Waals surface area contributed by atoms with Crippen LogP contribution >= 0.6 is 11.6 Å². The molecular weight excluding hydrogens is 508 g/mol. The molecule has 0 spiro atoms. The first-order valence-electron chi connectivity index (χ1n) is 12.8. The van der Waals surface area contributed by atoms with Crippen molar-refractivity contribution in [1.82, 2.24) is 28.6 Å². The average molecular weight is 541 g/mol. The zero-order valence-electron chi connectivity index (χ0n) is 21.8. The lowest BCUT2D eigenvalue weighted by molar-refractivity contribution is -0.0383. The summed E-state index contributed by atoms with van der Waals surface area (Å²) in [6.45, 7) is 6.25. The fourth-order valence-electron chi connectivity index (χ4n) is 5.20. The minimum Gasteiger partial charge on any atom is -0.378 e. The molecule has 12 heteroatoms. The topological polar surface area (TPSA) is 113 Å². The van der Waals surface area contributed by atoms with Gasteiger partial charge in [0.05, 0.1) is 18.2 Å². The van der Waals surface area contributed by atoms with Crippen molar-refractivity contribution in [3.8, 4) is 0 Å². The van der Waals surface area contributed by atoms with Gasteiger partial charge in [0.2, 0.25) is 0 Å². The first kappa shape index (κ1) is 26.2. The number of rotatable bonds is 7. The number of hydrogen-bond donors (Lipinski definition) is 2. The summed E-state index contributed by atoms with van der Waals surface area (Å²) in [4.78, 5) is 37.9. The second-order valence-corrected chi connectivity index (χ2v) is 10.4. The molecule has 4 heterocycles. The molecule has 38 heavy (non-hydrogen) atoms. The number of aryl methyl sites for hydroxylation is 1. The molecule has 3 atom stereocenters. The Balaban J connectivity index is 1.14. The van der Waals surface area contributed by atoms with E-state index in [-0.39, 0.29) is 17.4 Å². The Morgan fingerprint density at radius 1 is 1.13 bits per heavy atom. The molecular formula is C26H33ClN8O3. The van der Waals surface area contributed by atoms with Crippen LogP contribution in [0.15, 0.2) is 57.5 Å². The maximum atomic E-state index is 12.6. The van der Waals surface area contributed by atoms with Gasteiger partial charge < -0.3 is 19.9 Å². The van der Waals surface area contributed by atoms with Crippen LogP contribution in [0.5, 0.6) is 0 Å². The number of imidazole rings is 1. The van der Waals surface area contributed by atoms with Gasteiger partial charge in [-0.1, -0.05) is 30.7 Å². The van der Waals surface area contributed by atoms with E-state index in [4.69, 9.17) is 11.6 Å². The average Bonchev–Trinajstić information content (AvgIpc) is 3.35. The molecule has 0 saturated carbocycles. The van der Waals surface area contributed by atoms with Crippen LogP contribution < -0.4 is 21.5 Å². The second-order valence-electron chi connectivity index (χ2n) is 9.93. The van der Waals surface area contributed by atoms with E-state index in [1.807, 2.05) is 36.6 Å². The number of fused-ring (bicyclic) bond motifs is 1. The molecule has 2 aliphatic rings. The lowest BCUT2D eigenvalue weighted by Crippen LogP contribution is -2.53. The van der Waals surface area contributed by atoms with Crippen molar-refractivity contribution in [1.29, 1.82) is 0 Å². The summed E-state index contributed by atoms with van der Waals surface area (Å²) in [5.41, 5.74) is 1.06. The molecule has 3 unspecified atom stereocenters. The number of allylic oxidation sites excluding steroid dienone is 3. The van der Waals surface area contributed by atoms with E-state index in [0.717, 1.165) is 47.3 Å². The van der Waals surface area contributed by atoms with E-state index in [1.54, 1.807) is 17.9 Å². The predicted molar refractivity (Wildman–Crippen MR) is 148 cm³/mol. The van der Waals surface area contributed by atoms with E-state index < -0.39 is 11.9 Å². The Bertz CT molecular complexity index is 1480. The van der Waals surface area contributed by atoms with E-state index in [0.29, 0.717) is 24.3 Å². The van der Waals surface area contributed by atoms with Crippen LogP contribution in [0.25, 0.3) is 11.2 Å². The van der Waals surface area contributed by atoms with Gasteiger partial charge in [-0.15, -0.1) is 0 Å². The highest BCUT2D eigenvalue weighted by molar-refractivity contribution is 6.31. The molecule has 2 N–H and O–H groups in total. The number of anilines is 2. The standard InChI is InChI=1S/C26H33ClN8O3/c1-17-14-18(27)4-6-20(17)24(36)34-12-10-33(11-13-34)19-5-7-21(29-15-19)28-8-9-35-16-30-23-22(35)25(37)32(3)26(38)31(23)2/h4-7,14-17,20,24,36H,8-13H2,1-3H3,(H,28,29). The number of aliphatic hydroxyl groups excluding tert-OH is 1. The summed E-state index contributed by atoms with van der Waals surface area (Å²) < 4.78 is 4.22. The second kappa shape index (κ2) is 10.8. The van der Waals surface area contributed by atoms with E-state index >= 15 is 0 Å². The SMILES string of the molecule is CC1C=C(Cl)C=CC1C(O)N1CCN(c2ccc(NCCn3cnc4c3c(=O)n(C)c(=O)n4C)nc2)CC1. The van der Waals surface area contributed by atoms with Crippen molar-refractivity contribution in [2.45, 2.75) is 19.7 Å². The van der Waals surface area contributed by atoms with Gasteiger partial charge in [-0.2, -0.15) is 0 Å². The number of nitrogens with one attached hydrogen (secondary N) is 1. The molecule has 3 aromatic heterocycles. The number of piperazine rings is 1. The van der Waals surface area contributed by atoms with Crippen molar-refractivity contribution in [2.24, 2.45) is 25.9 Å². The maximum Gasteiger partial charge on any atom is 0.332 e. The Morgan fingerprint density at radius 3 is 2.58 bits per heavy atom. The number of halogens is 1. The van der Waals surface area contributed by atoms with Gasteiger partial charge in [0, 0.05) is 64.3 Å². The van der Waals surface area contributed by atoms with Crippen molar-refractivity contribution in [3.05, 3.63) is 68.8 Å². The summed E-state index contributed by atoms with van der Waals surface area (Å²) >= 11 is 6.09. The minimum absolute atomic E-state index is 0.0336. The Kier molecular flexibility index (Phi) is 7.42. The van der Waals surface area contributed by atoms with Crippen molar-refractivity contribution >= 4 is 34.3 Å². The number of nitrogens with zero attached hydrogens (tertiary/aromatic N) is 7. The number of pyridine rings is 1. The Hall–Kier alpha value is -3.41. The van der Waals surface area contributed by atoms with Gasteiger partial charge in [-0.05, 0) is 24.1 Å². The molecule has 1 saturated heterocycles. The fraction of sp³-hybridized carbons (Fsp3) is 0.462. The summed E-state index contributed by atoms with van der Waals surface area (Å²) in [5.74, 6) is 0.958. The zero-order valence-corrected chi connectivity index (χ0v) is 22.5. The molecule has 202 valence electrons. The van der Waals surface area contributed by atoms with E-state index in [9.17, 15) is 14.7 Å². The third-order valence-corrected chi connectivity index (χ3v) is 7.78. The highest BCUT2D eigenvalue weighted by Crippen LogP contribution is 2.29. The van der Waals surface area contributed by atoms with Crippen LogP contribution in [0.4, 0.5) is 11.5 Å². The monoisotopic (exact) mass is 540 g/mol. The largest absolute Gasteiger partial charge is 0.378 e. The van der Waals surface area contributed by atoms with Crippen LogP contribution in [0.3, 0.4) is 0 Å². The maximum absolute atomic E-state index is 12.6. The van der Waals surface area contributed by atoms with Crippen LogP contribution in [0, 0.1) is 11.8 Å². The lowest BCUT2D eigenvalue weighted by atomic mass is 9.87. The van der Waals surface area contributed by atoms with E-state index in [1.165, 1.54) is 11.6 Å². The van der Waals surface area contributed by atoms with Gasteiger partial charge >= 0.3 is 5.69 Å². The van der Waals surface area contributed by atoms with Crippen LogP contribution in [0.1, 0.15) is 6.92 Å². The van der Waals surface area contributed by atoms with Gasteiger partial charge in [0.1, 0.15) is 12.0 Å². The Labute approximate surface area is 225 Å². The third-order valence-electron chi connectivity index (χ3n) is 7.53. The minimum atomic E-state index is -0.535. The first-order chi connectivity index (χ1) is 18.2. The smallest absolute Gasteiger partial charge is 0.332 e. The summed E-state index contributed by atoms with van der Waals surface area (Å²) in [6.07, 6.45) is 8.77. The molecule has 1 aliphatic heterocycles. The highest BCUT2D eigenvalue weighted by Gasteiger charge is 2.31. The van der Waals surface area contributed by atoms with Crippen molar-refractivity contribution in [2.75, 3.05) is 42.9 Å². The molecule has 1 fully saturated rings. The molecule has 1 aliphatic carbocycles. The molecule has 11 nitrogen and oxygen atoms in total. The summed E-state index contributed by atoms with van der Waals surface area (Å²) in [6, 6.07) is 3.98.